The third kappa shape index (κ3) is 3.32. The summed E-state index contributed by atoms with van der Waals surface area (Å²) in [5.41, 5.74) is 0.728. The van der Waals surface area contributed by atoms with E-state index in [1.165, 1.54) is 16.8 Å². The quantitative estimate of drug-likeness (QED) is 0.641. The minimum atomic E-state index is -0.667. The molecule has 19 heavy (non-hydrogen) atoms. The molecular weight excluding hydrogens is 255 g/mol. The van der Waals surface area contributed by atoms with Gasteiger partial charge in [-0.05, 0) is 11.6 Å². The van der Waals surface area contributed by atoms with Crippen molar-refractivity contribution >= 4 is 5.69 Å². The van der Waals surface area contributed by atoms with Crippen molar-refractivity contribution in [1.82, 2.24) is 15.0 Å². The Labute approximate surface area is 107 Å². The molecule has 0 aliphatic heterocycles. The highest BCUT2D eigenvalue weighted by atomic mass is 19.1. The summed E-state index contributed by atoms with van der Waals surface area (Å²) in [6, 6.07) is 3.36. The third-order valence-electron chi connectivity index (χ3n) is 2.45. The molecule has 2 rings (SSSR count). The van der Waals surface area contributed by atoms with Crippen LogP contribution in [0.5, 0.6) is 0 Å². The van der Waals surface area contributed by atoms with Gasteiger partial charge in [0.25, 0.3) is 5.69 Å². The van der Waals surface area contributed by atoms with Crippen LogP contribution in [0.1, 0.15) is 11.3 Å². The van der Waals surface area contributed by atoms with Crippen LogP contribution in [-0.2, 0) is 13.0 Å². The van der Waals surface area contributed by atoms with Crippen molar-refractivity contribution < 1.29 is 14.4 Å². The summed E-state index contributed by atoms with van der Waals surface area (Å²) in [6.45, 7) is 0.140. The predicted molar refractivity (Wildman–Crippen MR) is 63.0 cm³/mol. The zero-order chi connectivity index (χ0) is 13.8. The molecule has 0 amide bonds. The number of non-ortho nitro benzene ring substituents is 1. The van der Waals surface area contributed by atoms with Gasteiger partial charge in [0.1, 0.15) is 5.82 Å². The molecule has 1 aromatic carbocycles. The lowest BCUT2D eigenvalue weighted by Crippen LogP contribution is -2.02. The molecule has 1 aromatic heterocycles. The lowest BCUT2D eigenvalue weighted by molar-refractivity contribution is -0.385. The highest BCUT2D eigenvalue weighted by Gasteiger charge is 2.10. The van der Waals surface area contributed by atoms with Crippen LogP contribution in [0.25, 0.3) is 0 Å². The number of benzene rings is 1. The largest absolute Gasteiger partial charge is 0.396 e. The van der Waals surface area contributed by atoms with E-state index >= 15 is 0 Å². The number of nitro groups is 1. The topological polar surface area (TPSA) is 94.1 Å². The van der Waals surface area contributed by atoms with E-state index in [9.17, 15) is 14.5 Å². The standard InChI is InChI=1S/C11H11FN4O3/c12-9-3-8(4-11(5-9)16(18)19)6-15-7-10(1-2-17)13-14-15/h3-5,7,17H,1-2,6H2. The average Bonchev–Trinajstić information content (AvgIpc) is 2.76. The summed E-state index contributed by atoms with van der Waals surface area (Å²) < 4.78 is 14.7. The van der Waals surface area contributed by atoms with Gasteiger partial charge in [-0.3, -0.25) is 10.1 Å². The normalized spacial score (nSPS) is 10.6. The first-order valence-electron chi connectivity index (χ1n) is 5.52. The Bertz CT molecular complexity index is 599. The molecule has 2 aromatic rings. The van der Waals surface area contributed by atoms with E-state index in [4.69, 9.17) is 5.11 Å². The molecule has 0 saturated carbocycles. The van der Waals surface area contributed by atoms with Crippen molar-refractivity contribution in [3.05, 3.63) is 51.6 Å². The van der Waals surface area contributed by atoms with E-state index in [2.05, 4.69) is 10.3 Å². The van der Waals surface area contributed by atoms with Crippen LogP contribution in [-0.4, -0.2) is 31.6 Å². The molecule has 8 heteroatoms. The van der Waals surface area contributed by atoms with Crippen molar-refractivity contribution in [3.63, 3.8) is 0 Å². The fraction of sp³-hybridized carbons (Fsp3) is 0.273. The smallest absolute Gasteiger partial charge is 0.272 e. The molecule has 0 spiro atoms. The van der Waals surface area contributed by atoms with Gasteiger partial charge in [-0.25, -0.2) is 9.07 Å². The Kier molecular flexibility index (Phi) is 3.81. The van der Waals surface area contributed by atoms with Gasteiger partial charge in [-0.1, -0.05) is 5.21 Å². The van der Waals surface area contributed by atoms with Gasteiger partial charge < -0.3 is 5.11 Å². The number of rotatable bonds is 5. The Balaban J connectivity index is 2.19. The van der Waals surface area contributed by atoms with Crippen LogP contribution < -0.4 is 0 Å². The van der Waals surface area contributed by atoms with Crippen molar-refractivity contribution in [2.24, 2.45) is 0 Å². The van der Waals surface area contributed by atoms with Gasteiger partial charge in [0.15, 0.2) is 0 Å². The van der Waals surface area contributed by atoms with Crippen LogP contribution in [0.15, 0.2) is 24.4 Å². The van der Waals surface area contributed by atoms with Gasteiger partial charge in [-0.15, -0.1) is 5.10 Å². The van der Waals surface area contributed by atoms with E-state index in [0.717, 1.165) is 6.07 Å². The van der Waals surface area contributed by atoms with Crippen LogP contribution in [0.2, 0.25) is 0 Å². The van der Waals surface area contributed by atoms with Gasteiger partial charge in [0.05, 0.1) is 23.2 Å². The Morgan fingerprint density at radius 1 is 1.42 bits per heavy atom. The van der Waals surface area contributed by atoms with Gasteiger partial charge >= 0.3 is 0 Å². The van der Waals surface area contributed by atoms with E-state index in [-0.39, 0.29) is 18.8 Å². The fourth-order valence-electron chi connectivity index (χ4n) is 1.66. The van der Waals surface area contributed by atoms with Crippen LogP contribution in [0, 0.1) is 15.9 Å². The maximum Gasteiger partial charge on any atom is 0.272 e. The van der Waals surface area contributed by atoms with Gasteiger partial charge in [0, 0.05) is 25.3 Å². The monoisotopic (exact) mass is 266 g/mol. The lowest BCUT2D eigenvalue weighted by atomic mass is 10.2. The first kappa shape index (κ1) is 13.1. The zero-order valence-electron chi connectivity index (χ0n) is 9.86. The van der Waals surface area contributed by atoms with Gasteiger partial charge in [-0.2, -0.15) is 0 Å². The average molecular weight is 266 g/mol. The second-order valence-corrected chi connectivity index (χ2v) is 3.96. The van der Waals surface area contributed by atoms with Crippen molar-refractivity contribution in [2.75, 3.05) is 6.61 Å². The predicted octanol–water partition coefficient (Wildman–Crippen LogP) is 0.908. The summed E-state index contributed by atoms with van der Waals surface area (Å²) in [5.74, 6) is -0.667. The van der Waals surface area contributed by atoms with E-state index in [1.807, 2.05) is 0 Å². The first-order valence-corrected chi connectivity index (χ1v) is 5.52. The van der Waals surface area contributed by atoms with Crippen LogP contribution in [0.4, 0.5) is 10.1 Å². The molecule has 0 fully saturated rings. The van der Waals surface area contributed by atoms with Crippen molar-refractivity contribution in [2.45, 2.75) is 13.0 Å². The molecule has 1 N–H and O–H groups in total. The molecule has 0 unspecified atom stereocenters. The number of aliphatic hydroxyl groups is 1. The Hall–Kier alpha value is -2.35. The molecule has 0 atom stereocenters. The van der Waals surface area contributed by atoms with E-state index < -0.39 is 10.7 Å². The van der Waals surface area contributed by atoms with Crippen LogP contribution >= 0.6 is 0 Å². The second-order valence-electron chi connectivity index (χ2n) is 3.96. The maximum atomic E-state index is 13.2. The molecule has 1 heterocycles. The molecule has 0 bridgehead atoms. The number of aromatic nitrogens is 3. The Morgan fingerprint density at radius 2 is 2.21 bits per heavy atom. The third-order valence-corrected chi connectivity index (χ3v) is 2.45. The summed E-state index contributed by atoms with van der Waals surface area (Å²) in [7, 11) is 0. The summed E-state index contributed by atoms with van der Waals surface area (Å²) in [6.07, 6.45) is 1.98. The molecule has 7 nitrogen and oxygen atoms in total. The zero-order valence-corrected chi connectivity index (χ0v) is 9.86. The van der Waals surface area contributed by atoms with Crippen molar-refractivity contribution in [3.8, 4) is 0 Å². The molecule has 100 valence electrons. The minimum absolute atomic E-state index is 0.0376. The maximum absolute atomic E-state index is 13.2. The molecule has 0 aliphatic rings. The SMILES string of the molecule is O=[N+]([O-])c1cc(F)cc(Cn2cc(CCO)nn2)c1. The van der Waals surface area contributed by atoms with Gasteiger partial charge in [0.2, 0.25) is 0 Å². The summed E-state index contributed by atoms with van der Waals surface area (Å²) in [4.78, 5) is 9.98. The highest BCUT2D eigenvalue weighted by Crippen LogP contribution is 2.17. The molecule has 0 aliphatic carbocycles. The second kappa shape index (κ2) is 5.53. The number of hydrogen-bond acceptors (Lipinski definition) is 5. The summed E-state index contributed by atoms with van der Waals surface area (Å²) in [5, 5.41) is 27.0. The van der Waals surface area contributed by atoms with Crippen molar-refractivity contribution in [1.29, 1.82) is 0 Å². The number of halogens is 1. The minimum Gasteiger partial charge on any atom is -0.396 e. The number of nitro benzene ring substituents is 1. The highest BCUT2D eigenvalue weighted by molar-refractivity contribution is 5.35. The fourth-order valence-corrected chi connectivity index (χ4v) is 1.66. The summed E-state index contributed by atoms with van der Waals surface area (Å²) >= 11 is 0. The molecule has 0 saturated heterocycles. The van der Waals surface area contributed by atoms with E-state index in [0.29, 0.717) is 17.7 Å². The van der Waals surface area contributed by atoms with E-state index in [1.54, 1.807) is 6.20 Å². The number of aliphatic hydroxyl groups excluding tert-OH is 1. The molecule has 0 radical (unpaired) electrons. The first-order chi connectivity index (χ1) is 9.08. The number of nitrogens with zero attached hydrogens (tertiary/aromatic N) is 4. The lowest BCUT2D eigenvalue weighted by Gasteiger charge is -2.01. The Morgan fingerprint density at radius 3 is 2.89 bits per heavy atom. The molecular formula is C11H11FN4O3. The van der Waals surface area contributed by atoms with Crippen LogP contribution in [0.3, 0.4) is 0 Å². The number of hydrogen-bond donors (Lipinski definition) is 1.